The van der Waals surface area contributed by atoms with Crippen molar-refractivity contribution in [2.45, 2.75) is 12.5 Å². The first-order chi connectivity index (χ1) is 9.49. The van der Waals surface area contributed by atoms with Gasteiger partial charge in [-0.1, -0.05) is 0 Å². The van der Waals surface area contributed by atoms with Crippen LogP contribution in [0.5, 0.6) is 0 Å². The number of amides is 1. The van der Waals surface area contributed by atoms with Crippen LogP contribution in [-0.4, -0.2) is 42.3 Å². The number of aliphatic hydroxyl groups is 1. The van der Waals surface area contributed by atoms with E-state index in [-0.39, 0.29) is 25.2 Å². The van der Waals surface area contributed by atoms with Gasteiger partial charge in [0.1, 0.15) is 11.4 Å². The molecule has 0 aliphatic heterocycles. The Balaban J connectivity index is 2.93. The lowest BCUT2D eigenvalue weighted by Crippen LogP contribution is -2.38. The van der Waals surface area contributed by atoms with Crippen LogP contribution < -0.4 is 5.32 Å². The Morgan fingerprint density at radius 1 is 1.60 bits per heavy atom. The molecule has 0 aliphatic rings. The SMILES string of the molecule is COCC(CCO)NC(=O)c1ccc(F)cc1[N+](=O)[O-]. The van der Waals surface area contributed by atoms with Crippen molar-refractivity contribution in [1.82, 2.24) is 5.32 Å². The minimum atomic E-state index is -0.824. The van der Waals surface area contributed by atoms with Crippen LogP contribution in [0.25, 0.3) is 0 Å². The van der Waals surface area contributed by atoms with Crippen molar-refractivity contribution in [3.8, 4) is 0 Å². The summed E-state index contributed by atoms with van der Waals surface area (Å²) >= 11 is 0. The lowest BCUT2D eigenvalue weighted by molar-refractivity contribution is -0.385. The van der Waals surface area contributed by atoms with E-state index in [1.54, 1.807) is 0 Å². The number of hydrogen-bond donors (Lipinski definition) is 2. The number of aliphatic hydroxyl groups excluding tert-OH is 1. The predicted molar refractivity (Wildman–Crippen MR) is 67.9 cm³/mol. The molecule has 0 radical (unpaired) electrons. The summed E-state index contributed by atoms with van der Waals surface area (Å²) in [5.74, 6) is -1.51. The molecule has 1 amide bonds. The summed E-state index contributed by atoms with van der Waals surface area (Å²) in [5, 5.41) is 22.2. The van der Waals surface area contributed by atoms with E-state index in [4.69, 9.17) is 9.84 Å². The molecule has 110 valence electrons. The highest BCUT2D eigenvalue weighted by atomic mass is 19.1. The second-order valence-corrected chi connectivity index (χ2v) is 4.06. The van der Waals surface area contributed by atoms with E-state index in [0.717, 1.165) is 12.1 Å². The van der Waals surface area contributed by atoms with Gasteiger partial charge in [-0.2, -0.15) is 0 Å². The molecule has 0 bridgehead atoms. The second-order valence-electron chi connectivity index (χ2n) is 4.06. The van der Waals surface area contributed by atoms with Gasteiger partial charge >= 0.3 is 0 Å². The van der Waals surface area contributed by atoms with Crippen LogP contribution in [0.4, 0.5) is 10.1 Å². The van der Waals surface area contributed by atoms with Crippen molar-refractivity contribution in [3.63, 3.8) is 0 Å². The third-order valence-corrected chi connectivity index (χ3v) is 2.58. The van der Waals surface area contributed by atoms with E-state index in [9.17, 15) is 19.3 Å². The number of nitro groups is 1. The quantitative estimate of drug-likeness (QED) is 0.572. The zero-order chi connectivity index (χ0) is 15.1. The van der Waals surface area contributed by atoms with Crippen molar-refractivity contribution < 1.29 is 24.0 Å². The maximum absolute atomic E-state index is 13.0. The standard InChI is InChI=1S/C12H15FN2O5/c1-20-7-9(4-5-16)14-12(17)10-3-2-8(13)6-11(10)15(18)19/h2-3,6,9,16H,4-5,7H2,1H3,(H,14,17). The fraction of sp³-hybridized carbons (Fsp3) is 0.417. The Hall–Kier alpha value is -2.06. The molecule has 20 heavy (non-hydrogen) atoms. The molecule has 7 nitrogen and oxygen atoms in total. The zero-order valence-corrected chi connectivity index (χ0v) is 10.8. The lowest BCUT2D eigenvalue weighted by Gasteiger charge is -2.16. The topological polar surface area (TPSA) is 102 Å². The Bertz CT molecular complexity index is 489. The summed E-state index contributed by atoms with van der Waals surface area (Å²) in [7, 11) is 1.43. The number of ether oxygens (including phenoxy) is 1. The van der Waals surface area contributed by atoms with Crippen molar-refractivity contribution in [2.75, 3.05) is 20.3 Å². The molecule has 0 fully saturated rings. The van der Waals surface area contributed by atoms with Gasteiger partial charge in [-0.05, 0) is 18.6 Å². The van der Waals surface area contributed by atoms with Gasteiger partial charge in [-0.15, -0.1) is 0 Å². The van der Waals surface area contributed by atoms with Gasteiger partial charge in [0.05, 0.1) is 23.6 Å². The number of carbonyl (C=O) groups excluding carboxylic acids is 1. The molecule has 1 rings (SSSR count). The van der Waals surface area contributed by atoms with Crippen molar-refractivity contribution in [3.05, 3.63) is 39.7 Å². The van der Waals surface area contributed by atoms with Crippen LogP contribution in [0.2, 0.25) is 0 Å². The number of nitro benzene ring substituents is 1. The summed E-state index contributed by atoms with van der Waals surface area (Å²) in [5.41, 5.74) is -0.849. The fourth-order valence-electron chi connectivity index (χ4n) is 1.67. The number of carbonyl (C=O) groups is 1. The normalized spacial score (nSPS) is 11.9. The highest BCUT2D eigenvalue weighted by Crippen LogP contribution is 2.19. The van der Waals surface area contributed by atoms with Crippen LogP contribution in [-0.2, 0) is 4.74 Å². The number of nitrogens with one attached hydrogen (secondary N) is 1. The number of nitrogens with zero attached hydrogens (tertiary/aromatic N) is 1. The molecule has 0 spiro atoms. The molecule has 0 aromatic heterocycles. The molecule has 1 unspecified atom stereocenters. The van der Waals surface area contributed by atoms with Gasteiger partial charge in [0.15, 0.2) is 0 Å². The first-order valence-corrected chi connectivity index (χ1v) is 5.84. The van der Waals surface area contributed by atoms with Crippen LogP contribution >= 0.6 is 0 Å². The minimum Gasteiger partial charge on any atom is -0.396 e. The van der Waals surface area contributed by atoms with Gasteiger partial charge in [0, 0.05) is 13.7 Å². The minimum absolute atomic E-state index is 0.154. The molecule has 0 saturated heterocycles. The maximum Gasteiger partial charge on any atom is 0.285 e. The lowest BCUT2D eigenvalue weighted by atomic mass is 10.1. The summed E-state index contributed by atoms with van der Waals surface area (Å²) < 4.78 is 17.9. The Morgan fingerprint density at radius 3 is 2.85 bits per heavy atom. The summed E-state index contributed by atoms with van der Waals surface area (Å²) in [6, 6.07) is 2.22. The van der Waals surface area contributed by atoms with Crippen molar-refractivity contribution >= 4 is 11.6 Å². The Labute approximate surface area is 114 Å². The molecule has 0 aliphatic carbocycles. The first-order valence-electron chi connectivity index (χ1n) is 5.84. The molecular formula is C12H15FN2O5. The molecule has 1 aromatic carbocycles. The number of benzene rings is 1. The molecule has 0 heterocycles. The third kappa shape index (κ3) is 4.25. The smallest absolute Gasteiger partial charge is 0.285 e. The highest BCUT2D eigenvalue weighted by molar-refractivity contribution is 5.98. The summed E-state index contributed by atoms with van der Waals surface area (Å²) in [6.45, 7) is -0.0128. The molecule has 1 aromatic rings. The van der Waals surface area contributed by atoms with Gasteiger partial charge in [-0.3, -0.25) is 14.9 Å². The van der Waals surface area contributed by atoms with Crippen LogP contribution in [0.3, 0.4) is 0 Å². The Morgan fingerprint density at radius 2 is 2.30 bits per heavy atom. The highest BCUT2D eigenvalue weighted by Gasteiger charge is 2.22. The maximum atomic E-state index is 13.0. The fourth-order valence-corrected chi connectivity index (χ4v) is 1.67. The summed E-state index contributed by atoms with van der Waals surface area (Å²) in [6.07, 6.45) is 0.245. The molecule has 8 heteroatoms. The van der Waals surface area contributed by atoms with E-state index in [0.29, 0.717) is 6.07 Å². The average molecular weight is 286 g/mol. The second kappa shape index (κ2) is 7.51. The molecule has 0 saturated carbocycles. The van der Waals surface area contributed by atoms with E-state index in [2.05, 4.69) is 5.32 Å². The summed E-state index contributed by atoms with van der Waals surface area (Å²) in [4.78, 5) is 22.0. The monoisotopic (exact) mass is 286 g/mol. The van der Waals surface area contributed by atoms with E-state index in [1.165, 1.54) is 7.11 Å². The van der Waals surface area contributed by atoms with Gasteiger partial charge in [-0.25, -0.2) is 4.39 Å². The van der Waals surface area contributed by atoms with Crippen LogP contribution in [0.1, 0.15) is 16.8 Å². The molecule has 1 atom stereocenters. The third-order valence-electron chi connectivity index (χ3n) is 2.58. The van der Waals surface area contributed by atoms with E-state index < -0.39 is 28.4 Å². The van der Waals surface area contributed by atoms with Crippen LogP contribution in [0, 0.1) is 15.9 Å². The number of rotatable bonds is 7. The number of hydrogen-bond acceptors (Lipinski definition) is 5. The van der Waals surface area contributed by atoms with Crippen LogP contribution in [0.15, 0.2) is 18.2 Å². The van der Waals surface area contributed by atoms with Gasteiger partial charge in [0.2, 0.25) is 0 Å². The average Bonchev–Trinajstić information content (AvgIpc) is 2.38. The van der Waals surface area contributed by atoms with Crippen molar-refractivity contribution in [1.29, 1.82) is 0 Å². The Kier molecular flexibility index (Phi) is 6.01. The van der Waals surface area contributed by atoms with Gasteiger partial charge in [0.25, 0.3) is 11.6 Å². The first kappa shape index (κ1) is 16.0. The zero-order valence-electron chi connectivity index (χ0n) is 10.8. The number of halogens is 1. The molecular weight excluding hydrogens is 271 g/mol. The van der Waals surface area contributed by atoms with E-state index >= 15 is 0 Å². The van der Waals surface area contributed by atoms with Crippen molar-refractivity contribution in [2.24, 2.45) is 0 Å². The van der Waals surface area contributed by atoms with E-state index in [1.807, 2.05) is 0 Å². The predicted octanol–water partition coefficient (Wildman–Crippen LogP) is 0.861. The number of methoxy groups -OCH3 is 1. The largest absolute Gasteiger partial charge is 0.396 e. The molecule has 2 N–H and O–H groups in total. The van der Waals surface area contributed by atoms with Gasteiger partial charge < -0.3 is 15.2 Å².